The molecule has 1 N–H and O–H groups in total. The Labute approximate surface area is 109 Å². The zero-order valence-corrected chi connectivity index (χ0v) is 11.3. The molecule has 86 valence electrons. The number of halogens is 1. The molecule has 0 spiro atoms. The van der Waals surface area contributed by atoms with E-state index >= 15 is 0 Å². The standard InChI is InChI=1S/C12H14INO2/c1-8-3-2-6-14(8)12(16)10-7-9(13)4-5-11(10)15/h4-5,7-8,15H,2-3,6H2,1H3. The van der Waals surface area contributed by atoms with E-state index in [1.54, 1.807) is 18.2 Å². The van der Waals surface area contributed by atoms with Gasteiger partial charge in [-0.3, -0.25) is 4.79 Å². The molecule has 0 aromatic heterocycles. The number of hydrogen-bond acceptors (Lipinski definition) is 2. The Hall–Kier alpha value is -0.780. The molecule has 0 saturated carbocycles. The van der Waals surface area contributed by atoms with Crippen LogP contribution in [-0.4, -0.2) is 28.5 Å². The van der Waals surface area contributed by atoms with E-state index in [1.165, 1.54) is 0 Å². The minimum Gasteiger partial charge on any atom is -0.507 e. The predicted octanol–water partition coefficient (Wildman–Crippen LogP) is 2.62. The molecule has 3 nitrogen and oxygen atoms in total. The highest BCUT2D eigenvalue weighted by Crippen LogP contribution is 2.25. The van der Waals surface area contributed by atoms with E-state index in [1.807, 2.05) is 4.90 Å². The van der Waals surface area contributed by atoms with E-state index in [0.717, 1.165) is 23.0 Å². The van der Waals surface area contributed by atoms with Crippen LogP contribution in [0.15, 0.2) is 18.2 Å². The molecule has 1 atom stereocenters. The van der Waals surface area contributed by atoms with Gasteiger partial charge in [-0.2, -0.15) is 0 Å². The van der Waals surface area contributed by atoms with Crippen LogP contribution in [0.5, 0.6) is 5.75 Å². The fraction of sp³-hybridized carbons (Fsp3) is 0.417. The fourth-order valence-electron chi connectivity index (χ4n) is 2.07. The van der Waals surface area contributed by atoms with Crippen LogP contribution in [0.25, 0.3) is 0 Å². The van der Waals surface area contributed by atoms with Crippen LogP contribution in [-0.2, 0) is 0 Å². The van der Waals surface area contributed by atoms with Gasteiger partial charge in [-0.25, -0.2) is 0 Å². The molecule has 16 heavy (non-hydrogen) atoms. The molecule has 0 radical (unpaired) electrons. The highest BCUT2D eigenvalue weighted by atomic mass is 127. The summed E-state index contributed by atoms with van der Waals surface area (Å²) in [6.07, 6.45) is 2.11. The first-order valence-corrected chi connectivity index (χ1v) is 6.47. The van der Waals surface area contributed by atoms with Gasteiger partial charge in [0, 0.05) is 16.2 Å². The Morgan fingerprint density at radius 2 is 2.31 bits per heavy atom. The van der Waals surface area contributed by atoms with E-state index in [0.29, 0.717) is 5.56 Å². The van der Waals surface area contributed by atoms with Crippen molar-refractivity contribution in [3.05, 3.63) is 27.3 Å². The lowest BCUT2D eigenvalue weighted by molar-refractivity contribution is 0.0744. The van der Waals surface area contributed by atoms with Crippen molar-refractivity contribution in [2.75, 3.05) is 6.54 Å². The van der Waals surface area contributed by atoms with Crippen LogP contribution in [0.1, 0.15) is 30.1 Å². The van der Waals surface area contributed by atoms with Crippen LogP contribution >= 0.6 is 22.6 Å². The Balaban J connectivity index is 2.29. The Kier molecular flexibility index (Phi) is 3.37. The lowest BCUT2D eigenvalue weighted by Gasteiger charge is -2.21. The first-order chi connectivity index (χ1) is 7.59. The number of likely N-dealkylation sites (tertiary alicyclic amines) is 1. The number of benzene rings is 1. The maximum Gasteiger partial charge on any atom is 0.257 e. The van der Waals surface area contributed by atoms with Gasteiger partial charge in [0.25, 0.3) is 5.91 Å². The number of amides is 1. The highest BCUT2D eigenvalue weighted by molar-refractivity contribution is 14.1. The third-order valence-corrected chi connectivity index (χ3v) is 3.67. The number of nitrogens with zero attached hydrogens (tertiary/aromatic N) is 1. The number of rotatable bonds is 1. The van der Waals surface area contributed by atoms with Gasteiger partial charge >= 0.3 is 0 Å². The number of phenolic OH excluding ortho intramolecular Hbond substituents is 1. The maximum atomic E-state index is 12.2. The lowest BCUT2D eigenvalue weighted by Crippen LogP contribution is -2.33. The average Bonchev–Trinajstić information content (AvgIpc) is 2.67. The summed E-state index contributed by atoms with van der Waals surface area (Å²) in [7, 11) is 0. The van der Waals surface area contributed by atoms with Gasteiger partial charge in [0.15, 0.2) is 0 Å². The molecule has 1 unspecified atom stereocenters. The maximum absolute atomic E-state index is 12.2. The zero-order chi connectivity index (χ0) is 11.7. The third kappa shape index (κ3) is 2.16. The Morgan fingerprint density at radius 1 is 1.56 bits per heavy atom. The number of hydrogen-bond donors (Lipinski definition) is 1. The van der Waals surface area contributed by atoms with E-state index in [2.05, 4.69) is 29.5 Å². The van der Waals surface area contributed by atoms with Gasteiger partial charge in [0.2, 0.25) is 0 Å². The van der Waals surface area contributed by atoms with Gasteiger partial charge in [-0.15, -0.1) is 0 Å². The van der Waals surface area contributed by atoms with Crippen molar-refractivity contribution in [2.45, 2.75) is 25.8 Å². The van der Waals surface area contributed by atoms with Crippen molar-refractivity contribution >= 4 is 28.5 Å². The summed E-state index contributed by atoms with van der Waals surface area (Å²) < 4.78 is 0.964. The summed E-state index contributed by atoms with van der Waals surface area (Å²) in [6.45, 7) is 2.85. The Bertz CT molecular complexity index is 419. The van der Waals surface area contributed by atoms with Crippen molar-refractivity contribution in [1.82, 2.24) is 4.90 Å². The minimum absolute atomic E-state index is 0.0546. The molecule has 0 aliphatic carbocycles. The summed E-state index contributed by atoms with van der Waals surface area (Å²) in [4.78, 5) is 14.0. The molecule has 0 bridgehead atoms. The molecule has 1 aromatic rings. The van der Waals surface area contributed by atoms with Crippen LogP contribution in [0.3, 0.4) is 0 Å². The van der Waals surface area contributed by atoms with E-state index in [9.17, 15) is 9.90 Å². The van der Waals surface area contributed by atoms with E-state index < -0.39 is 0 Å². The predicted molar refractivity (Wildman–Crippen MR) is 70.6 cm³/mol. The first kappa shape index (κ1) is 11.7. The second-order valence-corrected chi connectivity index (χ2v) is 5.40. The van der Waals surface area contributed by atoms with Gasteiger partial charge in [0.1, 0.15) is 5.75 Å². The van der Waals surface area contributed by atoms with E-state index in [-0.39, 0.29) is 17.7 Å². The molecular formula is C12H14INO2. The zero-order valence-electron chi connectivity index (χ0n) is 9.11. The van der Waals surface area contributed by atoms with Gasteiger partial charge < -0.3 is 10.0 Å². The largest absolute Gasteiger partial charge is 0.507 e. The monoisotopic (exact) mass is 331 g/mol. The molecule has 1 heterocycles. The van der Waals surface area contributed by atoms with Crippen molar-refractivity contribution in [3.8, 4) is 5.75 Å². The topological polar surface area (TPSA) is 40.5 Å². The molecule has 1 aromatic carbocycles. The summed E-state index contributed by atoms with van der Waals surface area (Å²) in [5.74, 6) is 0.0190. The molecule has 1 saturated heterocycles. The molecule has 4 heteroatoms. The fourth-order valence-corrected chi connectivity index (χ4v) is 2.56. The van der Waals surface area contributed by atoms with Crippen LogP contribution < -0.4 is 0 Å². The quantitative estimate of drug-likeness (QED) is 0.804. The van der Waals surface area contributed by atoms with Crippen molar-refractivity contribution in [2.24, 2.45) is 0 Å². The van der Waals surface area contributed by atoms with Crippen LogP contribution in [0.4, 0.5) is 0 Å². The second kappa shape index (κ2) is 4.61. The Morgan fingerprint density at radius 3 is 2.94 bits per heavy atom. The molecule has 1 aliphatic rings. The molecule has 1 aliphatic heterocycles. The lowest BCUT2D eigenvalue weighted by atomic mass is 10.1. The van der Waals surface area contributed by atoms with Crippen molar-refractivity contribution < 1.29 is 9.90 Å². The molecular weight excluding hydrogens is 317 g/mol. The molecule has 1 amide bonds. The normalized spacial score (nSPS) is 20.1. The summed E-state index contributed by atoms with van der Waals surface area (Å²) in [5.41, 5.74) is 0.417. The SMILES string of the molecule is CC1CCCN1C(=O)c1cc(I)ccc1O. The van der Waals surface area contributed by atoms with Gasteiger partial charge in [0.05, 0.1) is 5.56 Å². The highest BCUT2D eigenvalue weighted by Gasteiger charge is 2.27. The van der Waals surface area contributed by atoms with Crippen molar-refractivity contribution in [3.63, 3.8) is 0 Å². The first-order valence-electron chi connectivity index (χ1n) is 5.39. The van der Waals surface area contributed by atoms with Crippen molar-refractivity contribution in [1.29, 1.82) is 0 Å². The summed E-state index contributed by atoms with van der Waals surface area (Å²) >= 11 is 2.14. The van der Waals surface area contributed by atoms with Crippen LogP contribution in [0.2, 0.25) is 0 Å². The molecule has 2 rings (SSSR count). The third-order valence-electron chi connectivity index (χ3n) is 3.00. The minimum atomic E-state index is -0.0546. The van der Waals surface area contributed by atoms with E-state index in [4.69, 9.17) is 0 Å². The number of carbonyl (C=O) groups is 1. The van der Waals surface area contributed by atoms with Gasteiger partial charge in [-0.1, -0.05) is 0 Å². The second-order valence-electron chi connectivity index (χ2n) is 4.15. The smallest absolute Gasteiger partial charge is 0.257 e. The number of aromatic hydroxyl groups is 1. The number of phenols is 1. The van der Waals surface area contributed by atoms with Gasteiger partial charge in [-0.05, 0) is 60.6 Å². The molecule has 1 fully saturated rings. The van der Waals surface area contributed by atoms with Crippen LogP contribution in [0, 0.1) is 3.57 Å². The summed E-state index contributed by atoms with van der Waals surface area (Å²) in [5, 5.41) is 9.70. The number of carbonyl (C=O) groups excluding carboxylic acids is 1. The average molecular weight is 331 g/mol. The summed E-state index contributed by atoms with van der Waals surface area (Å²) in [6, 6.07) is 5.39.